The summed E-state index contributed by atoms with van der Waals surface area (Å²) in [6.07, 6.45) is 2.37. The molecule has 1 N–H and O–H groups in total. The number of rotatable bonds is 10. The molecule has 0 heterocycles. The number of hydrogen-bond acceptors (Lipinski definition) is 5. The van der Waals surface area contributed by atoms with Gasteiger partial charge in [0.1, 0.15) is 0 Å². The van der Waals surface area contributed by atoms with Crippen LogP contribution in [0.1, 0.15) is 12.8 Å². The molecule has 0 bridgehead atoms. The average Bonchev–Trinajstić information content (AvgIpc) is 2.31. The second-order valence-electron chi connectivity index (χ2n) is 4.20. The van der Waals surface area contributed by atoms with Crippen LogP contribution in [0.4, 0.5) is 0 Å². The molecule has 3 atom stereocenters. The summed E-state index contributed by atoms with van der Waals surface area (Å²) in [5.41, 5.74) is 0. The first-order chi connectivity index (χ1) is 8.33. The summed E-state index contributed by atoms with van der Waals surface area (Å²) in [5.74, 6) is 0. The van der Waals surface area contributed by atoms with E-state index in [9.17, 15) is 0 Å². The second-order valence-corrected chi connectivity index (χ2v) is 4.20. The molecule has 102 valence electrons. The van der Waals surface area contributed by atoms with Gasteiger partial charge in [-0.1, -0.05) is 0 Å². The Labute approximate surface area is 104 Å². The fourth-order valence-electron chi connectivity index (χ4n) is 1.98. The molecule has 0 aromatic heterocycles. The topological polar surface area (TPSA) is 49.0 Å². The van der Waals surface area contributed by atoms with Crippen molar-refractivity contribution in [3.05, 3.63) is 0 Å². The molecule has 5 nitrogen and oxygen atoms in total. The van der Waals surface area contributed by atoms with Gasteiger partial charge >= 0.3 is 0 Å². The van der Waals surface area contributed by atoms with Gasteiger partial charge in [-0.25, -0.2) is 0 Å². The molecule has 0 amide bonds. The van der Waals surface area contributed by atoms with Gasteiger partial charge in [0.15, 0.2) is 0 Å². The largest absolute Gasteiger partial charge is 0.382 e. The van der Waals surface area contributed by atoms with Gasteiger partial charge < -0.3 is 24.3 Å². The summed E-state index contributed by atoms with van der Waals surface area (Å²) >= 11 is 0. The standard InChI is InChI=1S/C12H25NO4/c1-13-10-9-11(12(10)15-3)17-6-4-5-16-8-7-14-2/h10-13H,4-9H2,1-3H3. The minimum Gasteiger partial charge on any atom is -0.382 e. The third-order valence-electron chi connectivity index (χ3n) is 3.09. The summed E-state index contributed by atoms with van der Waals surface area (Å²) in [4.78, 5) is 0. The molecule has 0 aliphatic heterocycles. The van der Waals surface area contributed by atoms with Crippen molar-refractivity contribution in [3.8, 4) is 0 Å². The van der Waals surface area contributed by atoms with Crippen LogP contribution in [0.15, 0.2) is 0 Å². The Balaban J connectivity index is 1.93. The molecule has 1 saturated carbocycles. The van der Waals surface area contributed by atoms with E-state index in [0.29, 0.717) is 19.3 Å². The Kier molecular flexibility index (Phi) is 7.72. The van der Waals surface area contributed by atoms with Crippen molar-refractivity contribution in [2.75, 3.05) is 47.7 Å². The summed E-state index contributed by atoms with van der Waals surface area (Å²) in [5, 5.41) is 3.21. The Bertz CT molecular complexity index is 191. The molecule has 3 unspecified atom stereocenters. The molecule has 0 radical (unpaired) electrons. The highest BCUT2D eigenvalue weighted by atomic mass is 16.5. The smallest absolute Gasteiger partial charge is 0.0986 e. The third kappa shape index (κ3) is 4.89. The van der Waals surface area contributed by atoms with Crippen LogP contribution < -0.4 is 5.32 Å². The lowest BCUT2D eigenvalue weighted by Gasteiger charge is -2.43. The minimum absolute atomic E-state index is 0.189. The summed E-state index contributed by atoms with van der Waals surface area (Å²) in [7, 11) is 5.36. The maximum Gasteiger partial charge on any atom is 0.0986 e. The first kappa shape index (κ1) is 14.9. The zero-order valence-corrected chi connectivity index (χ0v) is 11.1. The lowest BCUT2D eigenvalue weighted by Crippen LogP contribution is -2.58. The van der Waals surface area contributed by atoms with E-state index < -0.39 is 0 Å². The lowest BCUT2D eigenvalue weighted by atomic mass is 9.85. The monoisotopic (exact) mass is 247 g/mol. The molecule has 1 rings (SSSR count). The van der Waals surface area contributed by atoms with E-state index in [1.807, 2.05) is 7.05 Å². The molecular weight excluding hydrogens is 222 g/mol. The average molecular weight is 247 g/mol. The van der Waals surface area contributed by atoms with E-state index in [2.05, 4.69) is 5.32 Å². The van der Waals surface area contributed by atoms with Crippen molar-refractivity contribution in [3.63, 3.8) is 0 Å². The van der Waals surface area contributed by atoms with Gasteiger partial charge in [0.25, 0.3) is 0 Å². The van der Waals surface area contributed by atoms with Gasteiger partial charge in [0, 0.05) is 33.5 Å². The lowest BCUT2D eigenvalue weighted by molar-refractivity contribution is -0.134. The highest BCUT2D eigenvalue weighted by Crippen LogP contribution is 2.26. The zero-order chi connectivity index (χ0) is 12.5. The number of hydrogen-bond donors (Lipinski definition) is 1. The number of ether oxygens (including phenoxy) is 4. The van der Waals surface area contributed by atoms with Crippen LogP contribution in [0.3, 0.4) is 0 Å². The van der Waals surface area contributed by atoms with Crippen LogP contribution in [0.2, 0.25) is 0 Å². The van der Waals surface area contributed by atoms with Crippen molar-refractivity contribution in [1.29, 1.82) is 0 Å². The number of methoxy groups -OCH3 is 2. The van der Waals surface area contributed by atoms with E-state index in [-0.39, 0.29) is 12.2 Å². The number of nitrogens with one attached hydrogen (secondary N) is 1. The van der Waals surface area contributed by atoms with Crippen LogP contribution in [0.25, 0.3) is 0 Å². The molecule has 0 aromatic carbocycles. The Morgan fingerprint density at radius 3 is 2.59 bits per heavy atom. The van der Waals surface area contributed by atoms with Crippen molar-refractivity contribution < 1.29 is 18.9 Å². The van der Waals surface area contributed by atoms with Crippen LogP contribution in [0.5, 0.6) is 0 Å². The third-order valence-corrected chi connectivity index (χ3v) is 3.09. The van der Waals surface area contributed by atoms with Crippen LogP contribution in [-0.4, -0.2) is 65.9 Å². The van der Waals surface area contributed by atoms with Crippen LogP contribution >= 0.6 is 0 Å². The van der Waals surface area contributed by atoms with Crippen molar-refractivity contribution >= 4 is 0 Å². The fourth-order valence-corrected chi connectivity index (χ4v) is 1.98. The summed E-state index contributed by atoms with van der Waals surface area (Å²) < 4.78 is 21.4. The van der Waals surface area contributed by atoms with Crippen molar-refractivity contribution in [1.82, 2.24) is 5.32 Å². The van der Waals surface area contributed by atoms with E-state index >= 15 is 0 Å². The predicted octanol–water partition coefficient (Wildman–Crippen LogP) is 0.431. The van der Waals surface area contributed by atoms with Crippen molar-refractivity contribution in [2.45, 2.75) is 31.1 Å². The van der Waals surface area contributed by atoms with E-state index in [0.717, 1.165) is 26.1 Å². The highest BCUT2D eigenvalue weighted by molar-refractivity contribution is 4.96. The van der Waals surface area contributed by atoms with Crippen LogP contribution in [0, 0.1) is 0 Å². The molecule has 5 heteroatoms. The molecule has 0 aromatic rings. The molecule has 0 spiro atoms. The van der Waals surface area contributed by atoms with E-state index in [4.69, 9.17) is 18.9 Å². The van der Waals surface area contributed by atoms with Gasteiger partial charge in [-0.15, -0.1) is 0 Å². The molecule has 1 fully saturated rings. The molecular formula is C12H25NO4. The Morgan fingerprint density at radius 1 is 1.12 bits per heavy atom. The Morgan fingerprint density at radius 2 is 1.94 bits per heavy atom. The fraction of sp³-hybridized carbons (Fsp3) is 1.00. The van der Waals surface area contributed by atoms with E-state index in [1.165, 1.54) is 0 Å². The minimum atomic E-state index is 0.189. The predicted molar refractivity (Wildman–Crippen MR) is 65.3 cm³/mol. The zero-order valence-electron chi connectivity index (χ0n) is 11.1. The normalized spacial score (nSPS) is 28.1. The summed E-state index contributed by atoms with van der Waals surface area (Å²) in [6.45, 7) is 2.76. The quantitative estimate of drug-likeness (QED) is 0.567. The molecule has 1 aliphatic carbocycles. The first-order valence-electron chi connectivity index (χ1n) is 6.21. The maximum absolute atomic E-state index is 5.74. The number of likely N-dealkylation sites (N-methyl/N-ethyl adjacent to an activating group) is 1. The maximum atomic E-state index is 5.74. The van der Waals surface area contributed by atoms with Gasteiger partial charge in [0.2, 0.25) is 0 Å². The van der Waals surface area contributed by atoms with Crippen LogP contribution in [-0.2, 0) is 18.9 Å². The van der Waals surface area contributed by atoms with Gasteiger partial charge in [-0.3, -0.25) is 0 Å². The molecule has 0 saturated heterocycles. The molecule has 17 heavy (non-hydrogen) atoms. The van der Waals surface area contributed by atoms with Gasteiger partial charge in [-0.05, 0) is 19.9 Å². The SMILES string of the molecule is CNC1CC(OCCCOCCOC)C1OC. The van der Waals surface area contributed by atoms with Crippen molar-refractivity contribution in [2.24, 2.45) is 0 Å². The van der Waals surface area contributed by atoms with E-state index in [1.54, 1.807) is 14.2 Å². The van der Waals surface area contributed by atoms with Gasteiger partial charge in [-0.2, -0.15) is 0 Å². The molecule has 1 aliphatic rings. The Hall–Kier alpha value is -0.200. The van der Waals surface area contributed by atoms with Gasteiger partial charge in [0.05, 0.1) is 25.4 Å². The second kappa shape index (κ2) is 8.83. The summed E-state index contributed by atoms with van der Waals surface area (Å²) in [6, 6.07) is 0.433. The highest BCUT2D eigenvalue weighted by Gasteiger charge is 2.41. The first-order valence-corrected chi connectivity index (χ1v) is 6.21.